The van der Waals surface area contributed by atoms with Crippen LogP contribution in [-0.2, 0) is 9.59 Å². The van der Waals surface area contributed by atoms with E-state index in [9.17, 15) is 9.59 Å². The first kappa shape index (κ1) is 20.2. The van der Waals surface area contributed by atoms with Crippen LogP contribution < -0.4 is 10.2 Å². The topological polar surface area (TPSA) is 52.7 Å². The monoisotopic (exact) mass is 417 g/mol. The molecule has 1 aliphatic rings. The summed E-state index contributed by atoms with van der Waals surface area (Å²) in [5, 5.41) is 3.96. The van der Waals surface area contributed by atoms with Crippen molar-refractivity contribution in [1.29, 1.82) is 0 Å². The molecule has 3 rings (SSSR count). The van der Waals surface area contributed by atoms with Crippen LogP contribution in [0.1, 0.15) is 12.5 Å². The molecule has 2 aromatic carbocycles. The number of nitrogens with one attached hydrogen (secondary N) is 1. The average Bonchev–Trinajstić information content (AvgIpc) is 2.68. The number of carbonyl (C=O) groups is 2. The molecule has 28 heavy (non-hydrogen) atoms. The Hall–Kier alpha value is -2.50. The third kappa shape index (κ3) is 5.06. The van der Waals surface area contributed by atoms with Crippen molar-refractivity contribution in [2.45, 2.75) is 6.92 Å². The minimum absolute atomic E-state index is 0.0900. The van der Waals surface area contributed by atoms with Gasteiger partial charge in [-0.25, -0.2) is 0 Å². The number of hydrogen-bond acceptors (Lipinski definition) is 3. The number of halogens is 2. The zero-order chi connectivity index (χ0) is 20.1. The summed E-state index contributed by atoms with van der Waals surface area (Å²) in [6.07, 6.45) is 3.10. The van der Waals surface area contributed by atoms with Crippen molar-refractivity contribution in [3.8, 4) is 0 Å². The number of piperazine rings is 1. The third-order valence-electron chi connectivity index (χ3n) is 4.60. The second-order valence-corrected chi connectivity index (χ2v) is 7.34. The van der Waals surface area contributed by atoms with Gasteiger partial charge in [0.1, 0.15) is 0 Å². The van der Waals surface area contributed by atoms with Crippen LogP contribution in [-0.4, -0.2) is 42.9 Å². The van der Waals surface area contributed by atoms with Crippen LogP contribution in [0.3, 0.4) is 0 Å². The molecule has 0 atom stereocenters. The molecule has 1 heterocycles. The first-order valence-electron chi connectivity index (χ1n) is 8.97. The van der Waals surface area contributed by atoms with Gasteiger partial charge in [-0.2, -0.15) is 0 Å². The number of benzene rings is 2. The van der Waals surface area contributed by atoms with E-state index in [1.165, 1.54) is 6.08 Å². The number of carbonyl (C=O) groups excluding carboxylic acids is 2. The molecule has 2 aromatic rings. The van der Waals surface area contributed by atoms with Gasteiger partial charge in [0.25, 0.3) is 0 Å². The maximum absolute atomic E-state index is 12.4. The summed E-state index contributed by atoms with van der Waals surface area (Å²) in [4.78, 5) is 27.9. The lowest BCUT2D eigenvalue weighted by Gasteiger charge is -2.36. The van der Waals surface area contributed by atoms with Crippen molar-refractivity contribution < 1.29 is 9.59 Å². The van der Waals surface area contributed by atoms with E-state index in [-0.39, 0.29) is 11.8 Å². The Morgan fingerprint density at radius 1 is 1.04 bits per heavy atom. The van der Waals surface area contributed by atoms with Gasteiger partial charge in [-0.15, -0.1) is 0 Å². The zero-order valence-corrected chi connectivity index (χ0v) is 17.0. The Balaban J connectivity index is 1.68. The van der Waals surface area contributed by atoms with Gasteiger partial charge >= 0.3 is 0 Å². The standard InChI is InChI=1S/C21H21Cl2N3O2/c1-15(27)25-10-12-26(13-11-25)20-5-3-2-4-19(20)24-21(28)9-7-16-6-8-17(22)14-18(16)23/h2-9,14H,10-13H2,1H3,(H,24,28)/b9-7+. The molecule has 1 fully saturated rings. The van der Waals surface area contributed by atoms with Crippen molar-refractivity contribution in [2.24, 2.45) is 0 Å². The molecule has 0 unspecified atom stereocenters. The summed E-state index contributed by atoms with van der Waals surface area (Å²) in [5.74, 6) is -0.159. The normalized spacial score (nSPS) is 14.4. The first-order valence-corrected chi connectivity index (χ1v) is 9.73. The highest BCUT2D eigenvalue weighted by Crippen LogP contribution is 2.27. The fourth-order valence-corrected chi connectivity index (χ4v) is 3.57. The maximum Gasteiger partial charge on any atom is 0.248 e. The van der Waals surface area contributed by atoms with E-state index in [2.05, 4.69) is 10.2 Å². The van der Waals surface area contributed by atoms with Gasteiger partial charge in [0.15, 0.2) is 0 Å². The fraction of sp³-hybridized carbons (Fsp3) is 0.238. The molecular weight excluding hydrogens is 397 g/mol. The van der Waals surface area contributed by atoms with Crippen molar-refractivity contribution in [3.05, 3.63) is 64.1 Å². The number of rotatable bonds is 4. The van der Waals surface area contributed by atoms with E-state index in [1.54, 1.807) is 31.2 Å². The van der Waals surface area contributed by atoms with Gasteiger partial charge in [-0.1, -0.05) is 41.4 Å². The van der Waals surface area contributed by atoms with E-state index in [0.717, 1.165) is 30.0 Å². The molecule has 2 amide bonds. The van der Waals surface area contributed by atoms with Crippen molar-refractivity contribution >= 4 is 52.5 Å². The highest BCUT2D eigenvalue weighted by Gasteiger charge is 2.20. The number of hydrogen-bond donors (Lipinski definition) is 1. The second-order valence-electron chi connectivity index (χ2n) is 6.50. The lowest BCUT2D eigenvalue weighted by molar-refractivity contribution is -0.129. The molecular formula is C21H21Cl2N3O2. The minimum atomic E-state index is -0.249. The third-order valence-corrected chi connectivity index (χ3v) is 5.17. The Kier molecular flexibility index (Phi) is 6.60. The lowest BCUT2D eigenvalue weighted by atomic mass is 10.2. The molecule has 1 saturated heterocycles. The summed E-state index contributed by atoms with van der Waals surface area (Å²) in [5.41, 5.74) is 2.39. The Bertz CT molecular complexity index is 906. The van der Waals surface area contributed by atoms with Crippen LogP contribution >= 0.6 is 23.2 Å². The predicted molar refractivity (Wildman–Crippen MR) is 115 cm³/mol. The second kappa shape index (κ2) is 9.13. The van der Waals surface area contributed by atoms with Crippen LogP contribution in [0.4, 0.5) is 11.4 Å². The molecule has 0 aliphatic carbocycles. The van der Waals surface area contributed by atoms with Crippen LogP contribution in [0.25, 0.3) is 6.08 Å². The zero-order valence-electron chi connectivity index (χ0n) is 15.5. The summed E-state index contributed by atoms with van der Waals surface area (Å²) in [6.45, 7) is 4.38. The molecule has 7 heteroatoms. The van der Waals surface area contributed by atoms with E-state index >= 15 is 0 Å². The van der Waals surface area contributed by atoms with Crippen LogP contribution in [0, 0.1) is 0 Å². The highest BCUT2D eigenvalue weighted by atomic mass is 35.5. The van der Waals surface area contributed by atoms with Gasteiger partial charge in [-0.05, 0) is 35.9 Å². The number of para-hydroxylation sites is 2. The lowest BCUT2D eigenvalue weighted by Crippen LogP contribution is -2.48. The summed E-state index contributed by atoms with van der Waals surface area (Å²) in [7, 11) is 0. The molecule has 0 saturated carbocycles. The Morgan fingerprint density at radius 2 is 1.75 bits per heavy atom. The summed E-state index contributed by atoms with van der Waals surface area (Å²) in [6, 6.07) is 12.8. The molecule has 0 aromatic heterocycles. The quantitative estimate of drug-likeness (QED) is 0.753. The number of anilines is 2. The van der Waals surface area contributed by atoms with Gasteiger partial charge in [0.2, 0.25) is 11.8 Å². The highest BCUT2D eigenvalue weighted by molar-refractivity contribution is 6.35. The van der Waals surface area contributed by atoms with Crippen molar-refractivity contribution in [3.63, 3.8) is 0 Å². The smallest absolute Gasteiger partial charge is 0.248 e. The Morgan fingerprint density at radius 3 is 2.43 bits per heavy atom. The largest absolute Gasteiger partial charge is 0.366 e. The van der Waals surface area contributed by atoms with Gasteiger partial charge in [0.05, 0.1) is 11.4 Å². The van der Waals surface area contributed by atoms with Crippen molar-refractivity contribution in [1.82, 2.24) is 4.90 Å². The summed E-state index contributed by atoms with van der Waals surface area (Å²) >= 11 is 12.0. The van der Waals surface area contributed by atoms with Crippen LogP contribution in [0.5, 0.6) is 0 Å². The average molecular weight is 418 g/mol. The molecule has 0 radical (unpaired) electrons. The summed E-state index contributed by atoms with van der Waals surface area (Å²) < 4.78 is 0. The van der Waals surface area contributed by atoms with Crippen molar-refractivity contribution in [2.75, 3.05) is 36.4 Å². The SMILES string of the molecule is CC(=O)N1CCN(c2ccccc2NC(=O)/C=C/c2ccc(Cl)cc2Cl)CC1. The number of amides is 2. The Labute approximate surface area is 174 Å². The molecule has 0 spiro atoms. The van der Waals surface area contributed by atoms with Gasteiger partial charge in [0, 0.05) is 49.2 Å². The van der Waals surface area contributed by atoms with Crippen LogP contribution in [0.2, 0.25) is 10.0 Å². The van der Waals surface area contributed by atoms with Crippen LogP contribution in [0.15, 0.2) is 48.5 Å². The predicted octanol–water partition coefficient (Wildman–Crippen LogP) is 4.31. The fourth-order valence-electron chi connectivity index (χ4n) is 3.09. The van der Waals surface area contributed by atoms with E-state index < -0.39 is 0 Å². The first-order chi connectivity index (χ1) is 13.4. The molecule has 1 N–H and O–H groups in total. The van der Waals surface area contributed by atoms with E-state index in [0.29, 0.717) is 23.1 Å². The molecule has 1 aliphatic heterocycles. The molecule has 146 valence electrons. The minimum Gasteiger partial charge on any atom is -0.366 e. The van der Waals surface area contributed by atoms with E-state index in [1.807, 2.05) is 29.2 Å². The van der Waals surface area contributed by atoms with Gasteiger partial charge < -0.3 is 15.1 Å². The van der Waals surface area contributed by atoms with Gasteiger partial charge in [-0.3, -0.25) is 9.59 Å². The molecule has 0 bridgehead atoms. The maximum atomic E-state index is 12.4. The molecule has 5 nitrogen and oxygen atoms in total. The number of nitrogens with zero attached hydrogens (tertiary/aromatic N) is 2. The van der Waals surface area contributed by atoms with E-state index in [4.69, 9.17) is 23.2 Å².